The van der Waals surface area contributed by atoms with E-state index in [1.54, 1.807) is 36.7 Å². The van der Waals surface area contributed by atoms with Gasteiger partial charge >= 0.3 is 0 Å². The highest BCUT2D eigenvalue weighted by Gasteiger charge is 2.17. The Morgan fingerprint density at radius 2 is 1.94 bits per heavy atom. The van der Waals surface area contributed by atoms with Crippen molar-refractivity contribution in [3.05, 3.63) is 89.3 Å². The molecule has 0 aliphatic rings. The Labute approximate surface area is 201 Å². The first-order chi connectivity index (χ1) is 16.9. The molecule has 0 fully saturated rings. The van der Waals surface area contributed by atoms with Gasteiger partial charge in [0.2, 0.25) is 0 Å². The Hall–Kier alpha value is -4.31. The van der Waals surface area contributed by atoms with Crippen molar-refractivity contribution < 1.29 is 14.0 Å². The summed E-state index contributed by atoms with van der Waals surface area (Å²) in [6.45, 7) is 4.27. The van der Waals surface area contributed by atoms with Crippen LogP contribution in [0.4, 0.5) is 10.2 Å². The summed E-state index contributed by atoms with van der Waals surface area (Å²) >= 11 is 0. The molecule has 0 bridgehead atoms. The van der Waals surface area contributed by atoms with Crippen LogP contribution in [0.15, 0.2) is 61.1 Å². The molecule has 0 aliphatic carbocycles. The zero-order valence-electron chi connectivity index (χ0n) is 19.3. The molecule has 0 atom stereocenters. The number of hydrogen-bond donors (Lipinski definition) is 2. The van der Waals surface area contributed by atoms with Gasteiger partial charge in [0.25, 0.3) is 5.91 Å². The number of Topliss-reactive ketones (excluding diaryl/α,β-unsaturated/α-hetero) is 1. The van der Waals surface area contributed by atoms with Crippen LogP contribution in [0.1, 0.15) is 51.9 Å². The summed E-state index contributed by atoms with van der Waals surface area (Å²) in [5.41, 5.74) is 7.46. The summed E-state index contributed by atoms with van der Waals surface area (Å²) in [6, 6.07) is 12.5. The summed E-state index contributed by atoms with van der Waals surface area (Å²) in [7, 11) is 0. The molecule has 0 spiro atoms. The van der Waals surface area contributed by atoms with E-state index in [0.29, 0.717) is 17.1 Å². The number of anilines is 1. The summed E-state index contributed by atoms with van der Waals surface area (Å²) in [5, 5.41) is 10.7. The number of halogens is 1. The van der Waals surface area contributed by atoms with Gasteiger partial charge in [-0.2, -0.15) is 0 Å². The van der Waals surface area contributed by atoms with Crippen molar-refractivity contribution in [2.75, 3.05) is 5.32 Å². The second kappa shape index (κ2) is 10.3. The molecule has 3 N–H and O–H groups in total. The van der Waals surface area contributed by atoms with E-state index in [9.17, 15) is 14.0 Å². The molecule has 0 saturated heterocycles. The number of nitrogens with zero attached hydrogens (tertiary/aromatic N) is 5. The molecular formula is C25H24FN7O2. The number of ketones is 1. The van der Waals surface area contributed by atoms with E-state index in [-0.39, 0.29) is 41.9 Å². The monoisotopic (exact) mass is 473 g/mol. The number of hydrogen-bond acceptors (Lipinski definition) is 7. The van der Waals surface area contributed by atoms with Crippen molar-refractivity contribution in [3.63, 3.8) is 0 Å². The molecule has 10 heteroatoms. The lowest BCUT2D eigenvalue weighted by atomic mass is 10.0. The van der Waals surface area contributed by atoms with Gasteiger partial charge in [-0.3, -0.25) is 14.6 Å². The maximum Gasteiger partial charge on any atom is 0.259 e. The average molecular weight is 474 g/mol. The van der Waals surface area contributed by atoms with Crippen LogP contribution in [0.5, 0.6) is 0 Å². The molecule has 0 aliphatic heterocycles. The van der Waals surface area contributed by atoms with E-state index < -0.39 is 11.7 Å². The van der Waals surface area contributed by atoms with Gasteiger partial charge in [0.1, 0.15) is 29.4 Å². The molecule has 1 aromatic carbocycles. The Morgan fingerprint density at radius 3 is 2.71 bits per heavy atom. The van der Waals surface area contributed by atoms with Crippen molar-refractivity contribution in [1.29, 1.82) is 0 Å². The predicted molar refractivity (Wildman–Crippen MR) is 128 cm³/mol. The number of carbonyl (C=O) groups excluding carboxylic acids is 2. The second-order valence-corrected chi connectivity index (χ2v) is 8.19. The van der Waals surface area contributed by atoms with Crippen molar-refractivity contribution in [2.24, 2.45) is 5.73 Å². The smallest absolute Gasteiger partial charge is 0.259 e. The van der Waals surface area contributed by atoms with Crippen LogP contribution >= 0.6 is 0 Å². The fourth-order valence-electron chi connectivity index (χ4n) is 3.50. The molecule has 3 aromatic heterocycles. The van der Waals surface area contributed by atoms with Gasteiger partial charge in [-0.05, 0) is 61.4 Å². The first-order valence-corrected chi connectivity index (χ1v) is 11.0. The lowest BCUT2D eigenvalue weighted by Crippen LogP contribution is -2.16. The lowest BCUT2D eigenvalue weighted by Gasteiger charge is -2.11. The first kappa shape index (κ1) is 23.8. The van der Waals surface area contributed by atoms with Crippen LogP contribution in [0, 0.1) is 5.82 Å². The quantitative estimate of drug-likeness (QED) is 0.374. The molecule has 4 aromatic rings. The van der Waals surface area contributed by atoms with Crippen LogP contribution < -0.4 is 11.1 Å². The molecule has 0 saturated carbocycles. The Morgan fingerprint density at radius 1 is 1.11 bits per heavy atom. The Bertz CT molecular complexity index is 1380. The standard InChI is InChI=1S/C25H24FN7O2/c1-15(2)33-14-29-32-24(33)20-4-3-5-23(30-20)31-25(35)18-10-16(6-7-19(18)26)12-22(34)21-11-17(13-27)8-9-28-21/h3-11,14-15H,12-13,27H2,1-2H3,(H,30,31,35). The molecular weight excluding hydrogens is 449 g/mol. The topological polar surface area (TPSA) is 129 Å². The second-order valence-electron chi connectivity index (χ2n) is 8.19. The Balaban J connectivity index is 1.53. The minimum atomic E-state index is -0.711. The summed E-state index contributed by atoms with van der Waals surface area (Å²) in [6.07, 6.45) is 3.08. The SMILES string of the molecule is CC(C)n1cnnc1-c1cccc(NC(=O)c2cc(CC(=O)c3cc(CN)ccn3)ccc2F)n1. The molecule has 9 nitrogen and oxygen atoms in total. The van der Waals surface area contributed by atoms with Gasteiger partial charge in [-0.15, -0.1) is 10.2 Å². The third-order valence-corrected chi connectivity index (χ3v) is 5.34. The maximum atomic E-state index is 14.5. The van der Waals surface area contributed by atoms with Crippen LogP contribution in [0.3, 0.4) is 0 Å². The zero-order chi connectivity index (χ0) is 24.9. The van der Waals surface area contributed by atoms with Gasteiger partial charge in [-0.25, -0.2) is 9.37 Å². The Kier molecular flexibility index (Phi) is 7.02. The lowest BCUT2D eigenvalue weighted by molar-refractivity contribution is 0.0984. The zero-order valence-corrected chi connectivity index (χ0v) is 19.3. The number of aromatic nitrogens is 5. The number of nitrogens with two attached hydrogens (primary N) is 1. The van der Waals surface area contributed by atoms with Gasteiger partial charge in [-0.1, -0.05) is 12.1 Å². The van der Waals surface area contributed by atoms with Crippen molar-refractivity contribution in [1.82, 2.24) is 24.7 Å². The number of nitrogens with one attached hydrogen (secondary N) is 1. The van der Waals surface area contributed by atoms with Crippen LogP contribution in [0.25, 0.3) is 11.5 Å². The van der Waals surface area contributed by atoms with Crippen LogP contribution in [-0.4, -0.2) is 36.4 Å². The van der Waals surface area contributed by atoms with Gasteiger partial charge in [0.05, 0.1) is 5.56 Å². The van der Waals surface area contributed by atoms with E-state index in [2.05, 4.69) is 25.5 Å². The summed E-state index contributed by atoms with van der Waals surface area (Å²) in [5.74, 6) is -0.876. The summed E-state index contributed by atoms with van der Waals surface area (Å²) < 4.78 is 16.4. The van der Waals surface area contributed by atoms with E-state index in [1.165, 1.54) is 18.3 Å². The normalized spacial score (nSPS) is 11.0. The molecule has 35 heavy (non-hydrogen) atoms. The van der Waals surface area contributed by atoms with Gasteiger partial charge < -0.3 is 15.6 Å². The van der Waals surface area contributed by atoms with E-state index >= 15 is 0 Å². The molecule has 0 unspecified atom stereocenters. The number of pyridine rings is 2. The number of amides is 1. The highest BCUT2D eigenvalue weighted by molar-refractivity contribution is 6.04. The van der Waals surface area contributed by atoms with E-state index in [0.717, 1.165) is 11.6 Å². The van der Waals surface area contributed by atoms with Crippen LogP contribution in [-0.2, 0) is 13.0 Å². The van der Waals surface area contributed by atoms with Gasteiger partial charge in [0.15, 0.2) is 11.6 Å². The third-order valence-electron chi connectivity index (χ3n) is 5.34. The fourth-order valence-corrected chi connectivity index (χ4v) is 3.50. The third kappa shape index (κ3) is 5.44. The highest BCUT2D eigenvalue weighted by Crippen LogP contribution is 2.21. The predicted octanol–water partition coefficient (Wildman–Crippen LogP) is 3.59. The van der Waals surface area contributed by atoms with Crippen molar-refractivity contribution in [2.45, 2.75) is 32.9 Å². The molecule has 3 heterocycles. The molecule has 0 radical (unpaired) electrons. The van der Waals surface area contributed by atoms with E-state index in [4.69, 9.17) is 5.73 Å². The maximum absolute atomic E-state index is 14.5. The molecule has 1 amide bonds. The van der Waals surface area contributed by atoms with Crippen molar-refractivity contribution in [3.8, 4) is 11.5 Å². The first-order valence-electron chi connectivity index (χ1n) is 11.0. The largest absolute Gasteiger partial charge is 0.326 e. The highest BCUT2D eigenvalue weighted by atomic mass is 19.1. The van der Waals surface area contributed by atoms with E-state index in [1.807, 2.05) is 18.4 Å². The molecule has 178 valence electrons. The number of benzene rings is 1. The fraction of sp³-hybridized carbons (Fsp3) is 0.200. The van der Waals surface area contributed by atoms with Crippen LogP contribution in [0.2, 0.25) is 0 Å². The molecule has 4 rings (SSSR count). The summed E-state index contributed by atoms with van der Waals surface area (Å²) in [4.78, 5) is 34.0. The minimum Gasteiger partial charge on any atom is -0.326 e. The van der Waals surface area contributed by atoms with Crippen molar-refractivity contribution >= 4 is 17.5 Å². The minimum absolute atomic E-state index is 0.0415. The number of rotatable bonds is 8. The number of carbonyl (C=O) groups is 2. The average Bonchev–Trinajstić information content (AvgIpc) is 3.36. The van der Waals surface area contributed by atoms with Gasteiger partial charge in [0, 0.05) is 25.2 Å².